The lowest BCUT2D eigenvalue weighted by molar-refractivity contribution is -0.121. The molecule has 4 nitrogen and oxygen atoms in total. The SMILES string of the molecule is CC(C#N)NC(=O)CCc1c(-c2ccc(F)cc2)[nH]c2c(F)cc(F)cc12. The van der Waals surface area contributed by atoms with Gasteiger partial charge in [0.05, 0.1) is 11.6 Å². The molecule has 138 valence electrons. The molecule has 0 aliphatic heterocycles. The predicted molar refractivity (Wildman–Crippen MR) is 95.1 cm³/mol. The largest absolute Gasteiger partial charge is 0.352 e. The number of aromatic nitrogens is 1. The van der Waals surface area contributed by atoms with E-state index in [2.05, 4.69) is 10.3 Å². The standard InChI is InChI=1S/C20H16F3N3O/c1-11(10-24)25-18(27)7-6-15-16-8-14(22)9-17(23)20(16)26-19(15)12-2-4-13(21)5-3-12/h2-5,8-9,11,26H,6-7H2,1H3,(H,25,27). The highest BCUT2D eigenvalue weighted by Gasteiger charge is 2.18. The summed E-state index contributed by atoms with van der Waals surface area (Å²) >= 11 is 0. The van der Waals surface area contributed by atoms with Gasteiger partial charge in [-0.2, -0.15) is 5.26 Å². The Hall–Kier alpha value is -3.27. The molecule has 3 rings (SSSR count). The van der Waals surface area contributed by atoms with Gasteiger partial charge in [-0.05, 0) is 54.8 Å². The summed E-state index contributed by atoms with van der Waals surface area (Å²) in [6.07, 6.45) is 0.227. The van der Waals surface area contributed by atoms with E-state index < -0.39 is 23.5 Å². The zero-order valence-corrected chi connectivity index (χ0v) is 14.4. The Balaban J connectivity index is 2.02. The zero-order chi connectivity index (χ0) is 19.6. The number of benzene rings is 2. The number of hydrogen-bond acceptors (Lipinski definition) is 2. The molecule has 1 atom stereocenters. The average molecular weight is 371 g/mol. The molecule has 0 bridgehead atoms. The fourth-order valence-electron chi connectivity index (χ4n) is 2.98. The summed E-state index contributed by atoms with van der Waals surface area (Å²) in [5, 5.41) is 11.6. The second kappa shape index (κ2) is 7.54. The Morgan fingerprint density at radius 1 is 1.19 bits per heavy atom. The van der Waals surface area contributed by atoms with Crippen molar-refractivity contribution in [3.63, 3.8) is 0 Å². The number of carbonyl (C=O) groups excluding carboxylic acids is 1. The first-order valence-corrected chi connectivity index (χ1v) is 8.33. The molecule has 0 fully saturated rings. The topological polar surface area (TPSA) is 68.7 Å². The lowest BCUT2D eigenvalue weighted by Crippen LogP contribution is -2.31. The summed E-state index contributed by atoms with van der Waals surface area (Å²) in [5.41, 5.74) is 1.76. The van der Waals surface area contributed by atoms with Crippen molar-refractivity contribution in [2.75, 3.05) is 0 Å². The van der Waals surface area contributed by atoms with Crippen LogP contribution in [0.25, 0.3) is 22.2 Å². The number of rotatable bonds is 5. The van der Waals surface area contributed by atoms with Crippen LogP contribution < -0.4 is 5.32 Å². The van der Waals surface area contributed by atoms with E-state index in [-0.39, 0.29) is 24.3 Å². The van der Waals surface area contributed by atoms with Crippen molar-refractivity contribution in [3.05, 3.63) is 59.4 Å². The Labute approximate surface area is 153 Å². The molecule has 3 aromatic rings. The maximum atomic E-state index is 14.2. The van der Waals surface area contributed by atoms with Crippen molar-refractivity contribution in [1.29, 1.82) is 5.26 Å². The highest BCUT2D eigenvalue weighted by molar-refractivity contribution is 5.92. The third-order valence-electron chi connectivity index (χ3n) is 4.24. The minimum Gasteiger partial charge on any atom is -0.352 e. The van der Waals surface area contributed by atoms with Gasteiger partial charge in [0.1, 0.15) is 23.5 Å². The number of carbonyl (C=O) groups is 1. The average Bonchev–Trinajstić information content (AvgIpc) is 2.99. The smallest absolute Gasteiger partial charge is 0.221 e. The minimum absolute atomic E-state index is 0.0330. The molecular weight excluding hydrogens is 355 g/mol. The van der Waals surface area contributed by atoms with Crippen LogP contribution in [0.2, 0.25) is 0 Å². The first-order chi connectivity index (χ1) is 12.9. The molecule has 0 radical (unpaired) electrons. The van der Waals surface area contributed by atoms with Crippen molar-refractivity contribution in [2.24, 2.45) is 0 Å². The molecule has 0 saturated heterocycles. The summed E-state index contributed by atoms with van der Waals surface area (Å²) in [4.78, 5) is 14.9. The van der Waals surface area contributed by atoms with Gasteiger partial charge >= 0.3 is 0 Å². The lowest BCUT2D eigenvalue weighted by atomic mass is 10.0. The molecule has 0 aliphatic carbocycles. The van der Waals surface area contributed by atoms with Crippen LogP contribution in [-0.4, -0.2) is 16.9 Å². The zero-order valence-electron chi connectivity index (χ0n) is 14.4. The van der Waals surface area contributed by atoms with E-state index in [0.29, 0.717) is 22.2 Å². The molecule has 0 saturated carbocycles. The number of hydrogen-bond donors (Lipinski definition) is 2. The van der Waals surface area contributed by atoms with Crippen molar-refractivity contribution < 1.29 is 18.0 Å². The molecule has 1 amide bonds. The third-order valence-corrected chi connectivity index (χ3v) is 4.24. The van der Waals surface area contributed by atoms with Gasteiger partial charge in [0, 0.05) is 23.6 Å². The van der Waals surface area contributed by atoms with Crippen LogP contribution in [0.3, 0.4) is 0 Å². The van der Waals surface area contributed by atoms with Gasteiger partial charge < -0.3 is 10.3 Å². The molecule has 27 heavy (non-hydrogen) atoms. The number of nitrogens with zero attached hydrogens (tertiary/aromatic N) is 1. The summed E-state index contributed by atoms with van der Waals surface area (Å²) in [6.45, 7) is 1.55. The van der Waals surface area contributed by atoms with Crippen LogP contribution in [-0.2, 0) is 11.2 Å². The van der Waals surface area contributed by atoms with Gasteiger partial charge in [-0.3, -0.25) is 4.79 Å². The maximum absolute atomic E-state index is 14.2. The van der Waals surface area contributed by atoms with Crippen LogP contribution in [0.5, 0.6) is 0 Å². The van der Waals surface area contributed by atoms with Crippen molar-refractivity contribution in [1.82, 2.24) is 10.3 Å². The molecule has 7 heteroatoms. The lowest BCUT2D eigenvalue weighted by Gasteiger charge is -2.08. The summed E-state index contributed by atoms with van der Waals surface area (Å²) < 4.78 is 41.2. The van der Waals surface area contributed by atoms with Gasteiger partial charge in [-0.25, -0.2) is 13.2 Å². The number of halogens is 3. The predicted octanol–water partition coefficient (Wildman–Crippen LogP) is 4.21. The van der Waals surface area contributed by atoms with Crippen LogP contribution in [0.4, 0.5) is 13.2 Å². The molecule has 0 aliphatic rings. The Morgan fingerprint density at radius 2 is 1.89 bits per heavy atom. The quantitative estimate of drug-likeness (QED) is 0.705. The van der Waals surface area contributed by atoms with E-state index >= 15 is 0 Å². The number of aromatic amines is 1. The van der Waals surface area contributed by atoms with Crippen LogP contribution in [0.15, 0.2) is 36.4 Å². The number of nitrogens with one attached hydrogen (secondary N) is 2. The number of H-pyrrole nitrogens is 1. The second-order valence-corrected chi connectivity index (χ2v) is 6.21. The van der Waals surface area contributed by atoms with Gasteiger partial charge in [0.25, 0.3) is 0 Å². The highest BCUT2D eigenvalue weighted by atomic mass is 19.1. The van der Waals surface area contributed by atoms with Crippen molar-refractivity contribution >= 4 is 16.8 Å². The minimum atomic E-state index is -0.748. The van der Waals surface area contributed by atoms with Gasteiger partial charge in [-0.15, -0.1) is 0 Å². The molecule has 0 spiro atoms. The third kappa shape index (κ3) is 3.95. The van der Waals surface area contributed by atoms with Crippen molar-refractivity contribution in [3.8, 4) is 17.3 Å². The Kier molecular flexibility index (Phi) is 5.17. The first kappa shape index (κ1) is 18.5. The molecule has 2 aromatic carbocycles. The normalized spacial score (nSPS) is 12.0. The summed E-state index contributed by atoms with van der Waals surface area (Å²) in [5.74, 6) is -2.24. The van der Waals surface area contributed by atoms with Gasteiger partial charge in [-0.1, -0.05) is 0 Å². The van der Waals surface area contributed by atoms with Gasteiger partial charge in [0.2, 0.25) is 5.91 Å². The number of amides is 1. The second-order valence-electron chi connectivity index (χ2n) is 6.21. The molecule has 1 unspecified atom stereocenters. The fourth-order valence-corrected chi connectivity index (χ4v) is 2.98. The molecule has 1 heterocycles. The number of aryl methyl sites for hydroxylation is 1. The number of fused-ring (bicyclic) bond motifs is 1. The Morgan fingerprint density at radius 3 is 2.56 bits per heavy atom. The number of nitriles is 1. The van der Waals surface area contributed by atoms with E-state index in [1.807, 2.05) is 6.07 Å². The van der Waals surface area contributed by atoms with Crippen LogP contribution in [0, 0.1) is 28.8 Å². The Bertz CT molecular complexity index is 1040. The summed E-state index contributed by atoms with van der Waals surface area (Å²) in [6, 6.07) is 8.83. The van der Waals surface area contributed by atoms with E-state index in [0.717, 1.165) is 6.07 Å². The molecular formula is C20H16F3N3O. The van der Waals surface area contributed by atoms with E-state index in [9.17, 15) is 18.0 Å². The van der Waals surface area contributed by atoms with E-state index in [1.54, 1.807) is 6.92 Å². The first-order valence-electron chi connectivity index (χ1n) is 8.33. The van der Waals surface area contributed by atoms with Crippen LogP contribution in [0.1, 0.15) is 18.9 Å². The summed E-state index contributed by atoms with van der Waals surface area (Å²) in [7, 11) is 0. The molecule has 1 aromatic heterocycles. The highest BCUT2D eigenvalue weighted by Crippen LogP contribution is 2.33. The maximum Gasteiger partial charge on any atom is 0.221 e. The fraction of sp³-hybridized carbons (Fsp3) is 0.200. The van der Waals surface area contributed by atoms with E-state index in [4.69, 9.17) is 5.26 Å². The van der Waals surface area contributed by atoms with Crippen LogP contribution >= 0.6 is 0 Å². The van der Waals surface area contributed by atoms with Gasteiger partial charge in [0.15, 0.2) is 0 Å². The van der Waals surface area contributed by atoms with Crippen molar-refractivity contribution in [2.45, 2.75) is 25.8 Å². The molecule has 2 N–H and O–H groups in total. The van der Waals surface area contributed by atoms with E-state index in [1.165, 1.54) is 30.3 Å². The monoisotopic (exact) mass is 371 g/mol.